The number of imidazole rings is 1. The molecule has 3 aromatic rings. The second-order valence-electron chi connectivity index (χ2n) is 6.35. The van der Waals surface area contributed by atoms with Gasteiger partial charge in [0.05, 0.1) is 11.0 Å². The molecule has 0 aliphatic heterocycles. The number of benzene rings is 1. The summed E-state index contributed by atoms with van der Waals surface area (Å²) >= 11 is 0. The first-order valence-corrected chi connectivity index (χ1v) is 8.37. The standard InChI is InChI=1S/C19H20N4O/c1-23-17-8-5-13(12-16(17)22-18(23)14-6-7-14)9-11-21-19(24)15-4-2-3-10-20-15/h2-5,8,10,12,14H,6-7,9,11H2,1H3,(H,21,24). The summed E-state index contributed by atoms with van der Waals surface area (Å²) in [5.41, 5.74) is 3.86. The van der Waals surface area contributed by atoms with Crippen LogP contribution in [0.25, 0.3) is 11.0 Å². The molecule has 2 heterocycles. The van der Waals surface area contributed by atoms with E-state index >= 15 is 0 Å². The van der Waals surface area contributed by atoms with E-state index in [0.29, 0.717) is 18.2 Å². The van der Waals surface area contributed by atoms with Crippen molar-refractivity contribution in [1.82, 2.24) is 19.9 Å². The molecule has 5 heteroatoms. The Morgan fingerprint density at radius 2 is 2.17 bits per heavy atom. The van der Waals surface area contributed by atoms with Gasteiger partial charge in [0.15, 0.2) is 0 Å². The highest BCUT2D eigenvalue weighted by molar-refractivity contribution is 5.92. The fourth-order valence-corrected chi connectivity index (χ4v) is 3.03. The molecular weight excluding hydrogens is 300 g/mol. The molecule has 1 amide bonds. The number of hydrogen-bond acceptors (Lipinski definition) is 3. The second kappa shape index (κ2) is 6.07. The summed E-state index contributed by atoms with van der Waals surface area (Å²) in [6.07, 6.45) is 4.92. The minimum Gasteiger partial charge on any atom is -0.350 e. The molecule has 4 rings (SSSR count). The van der Waals surface area contributed by atoms with Gasteiger partial charge in [-0.3, -0.25) is 9.78 Å². The van der Waals surface area contributed by atoms with Crippen LogP contribution in [-0.4, -0.2) is 27.0 Å². The van der Waals surface area contributed by atoms with Crippen molar-refractivity contribution < 1.29 is 4.79 Å². The molecule has 1 saturated carbocycles. The lowest BCUT2D eigenvalue weighted by Gasteiger charge is -2.05. The lowest BCUT2D eigenvalue weighted by atomic mass is 10.1. The Kier molecular flexibility index (Phi) is 3.76. The summed E-state index contributed by atoms with van der Waals surface area (Å²) in [4.78, 5) is 20.8. The quantitative estimate of drug-likeness (QED) is 0.786. The zero-order valence-corrected chi connectivity index (χ0v) is 13.7. The van der Waals surface area contributed by atoms with E-state index in [4.69, 9.17) is 4.98 Å². The molecule has 0 bridgehead atoms. The van der Waals surface area contributed by atoms with Gasteiger partial charge in [0, 0.05) is 25.7 Å². The predicted octanol–water partition coefficient (Wildman–Crippen LogP) is 2.82. The summed E-state index contributed by atoms with van der Waals surface area (Å²) in [5, 5.41) is 2.91. The van der Waals surface area contributed by atoms with Gasteiger partial charge in [0.1, 0.15) is 11.5 Å². The zero-order valence-electron chi connectivity index (χ0n) is 13.7. The Bertz CT molecular complexity index is 881. The summed E-state index contributed by atoms with van der Waals surface area (Å²) in [6, 6.07) is 11.7. The van der Waals surface area contributed by atoms with Crippen LogP contribution in [0.4, 0.5) is 0 Å². The van der Waals surface area contributed by atoms with Crippen LogP contribution in [0.1, 0.15) is 40.6 Å². The van der Waals surface area contributed by atoms with Crippen LogP contribution in [0.2, 0.25) is 0 Å². The first kappa shape index (κ1) is 14.9. The third-order valence-electron chi connectivity index (χ3n) is 4.52. The Morgan fingerprint density at radius 3 is 2.92 bits per heavy atom. The number of fused-ring (bicyclic) bond motifs is 1. The zero-order chi connectivity index (χ0) is 16.5. The summed E-state index contributed by atoms with van der Waals surface area (Å²) in [6.45, 7) is 0.587. The van der Waals surface area contributed by atoms with E-state index in [0.717, 1.165) is 11.9 Å². The highest BCUT2D eigenvalue weighted by atomic mass is 16.1. The third-order valence-corrected chi connectivity index (χ3v) is 4.52. The van der Waals surface area contributed by atoms with Gasteiger partial charge >= 0.3 is 0 Å². The van der Waals surface area contributed by atoms with Gasteiger partial charge in [-0.25, -0.2) is 4.98 Å². The normalized spacial score (nSPS) is 14.0. The highest BCUT2D eigenvalue weighted by Gasteiger charge is 2.28. The first-order chi connectivity index (χ1) is 11.7. The van der Waals surface area contributed by atoms with Crippen molar-refractivity contribution in [1.29, 1.82) is 0 Å². The monoisotopic (exact) mass is 320 g/mol. The van der Waals surface area contributed by atoms with Crippen LogP contribution in [0, 0.1) is 0 Å². The molecule has 0 unspecified atom stereocenters. The number of carbonyl (C=O) groups excluding carboxylic acids is 1. The molecule has 1 aliphatic carbocycles. The minimum absolute atomic E-state index is 0.134. The summed E-state index contributed by atoms with van der Waals surface area (Å²) in [5.74, 6) is 1.71. The van der Waals surface area contributed by atoms with E-state index in [-0.39, 0.29) is 5.91 Å². The Morgan fingerprint density at radius 1 is 1.29 bits per heavy atom. The van der Waals surface area contributed by atoms with Crippen LogP contribution >= 0.6 is 0 Å². The van der Waals surface area contributed by atoms with E-state index in [1.807, 2.05) is 6.07 Å². The minimum atomic E-state index is -0.134. The van der Waals surface area contributed by atoms with Crippen LogP contribution in [-0.2, 0) is 13.5 Å². The fraction of sp³-hybridized carbons (Fsp3) is 0.316. The number of amides is 1. The molecule has 1 fully saturated rings. The Hall–Kier alpha value is -2.69. The van der Waals surface area contributed by atoms with E-state index in [2.05, 4.69) is 40.1 Å². The molecule has 0 spiro atoms. The summed E-state index contributed by atoms with van der Waals surface area (Å²) in [7, 11) is 2.09. The number of pyridine rings is 1. The number of rotatable bonds is 5. The molecule has 5 nitrogen and oxygen atoms in total. The van der Waals surface area contributed by atoms with Gasteiger partial charge < -0.3 is 9.88 Å². The van der Waals surface area contributed by atoms with Gasteiger partial charge in [-0.15, -0.1) is 0 Å². The molecule has 1 aliphatic rings. The average Bonchev–Trinajstić information content (AvgIpc) is 3.40. The van der Waals surface area contributed by atoms with E-state index in [9.17, 15) is 4.79 Å². The maximum Gasteiger partial charge on any atom is 0.269 e. The predicted molar refractivity (Wildman–Crippen MR) is 93.0 cm³/mol. The highest BCUT2D eigenvalue weighted by Crippen LogP contribution is 2.40. The van der Waals surface area contributed by atoms with Gasteiger partial charge in [0.25, 0.3) is 5.91 Å². The lowest BCUT2D eigenvalue weighted by Crippen LogP contribution is -2.26. The Balaban J connectivity index is 1.42. The van der Waals surface area contributed by atoms with Gasteiger partial charge in [-0.1, -0.05) is 12.1 Å². The number of hydrogen-bond donors (Lipinski definition) is 1. The van der Waals surface area contributed by atoms with Gasteiger partial charge in [0.2, 0.25) is 0 Å². The van der Waals surface area contributed by atoms with Crippen molar-refractivity contribution in [2.75, 3.05) is 6.54 Å². The van der Waals surface area contributed by atoms with E-state index < -0.39 is 0 Å². The number of carbonyl (C=O) groups is 1. The van der Waals surface area contributed by atoms with Crippen molar-refractivity contribution in [3.8, 4) is 0 Å². The first-order valence-electron chi connectivity index (χ1n) is 8.37. The molecule has 24 heavy (non-hydrogen) atoms. The number of aromatic nitrogens is 3. The molecule has 1 N–H and O–H groups in total. The molecule has 0 radical (unpaired) electrons. The molecule has 1 aromatic carbocycles. The topological polar surface area (TPSA) is 59.8 Å². The largest absolute Gasteiger partial charge is 0.350 e. The van der Waals surface area contributed by atoms with Crippen molar-refractivity contribution in [2.45, 2.75) is 25.2 Å². The molecule has 2 aromatic heterocycles. The average molecular weight is 320 g/mol. The number of aryl methyl sites for hydroxylation is 1. The van der Waals surface area contributed by atoms with Crippen LogP contribution < -0.4 is 5.32 Å². The maximum atomic E-state index is 12.0. The fourth-order valence-electron chi connectivity index (χ4n) is 3.03. The second-order valence-corrected chi connectivity index (χ2v) is 6.35. The maximum absolute atomic E-state index is 12.0. The smallest absolute Gasteiger partial charge is 0.269 e. The SMILES string of the molecule is Cn1c(C2CC2)nc2cc(CCNC(=O)c3ccccn3)ccc21. The van der Waals surface area contributed by atoms with Crippen molar-refractivity contribution in [3.05, 3.63) is 59.7 Å². The molecule has 122 valence electrons. The van der Waals surface area contributed by atoms with Crippen LogP contribution in [0.3, 0.4) is 0 Å². The molecule has 0 atom stereocenters. The Labute approximate surface area is 140 Å². The van der Waals surface area contributed by atoms with Crippen LogP contribution in [0.15, 0.2) is 42.6 Å². The van der Waals surface area contributed by atoms with E-state index in [1.54, 1.807) is 18.3 Å². The molecular formula is C19H20N4O. The summed E-state index contributed by atoms with van der Waals surface area (Å²) < 4.78 is 2.21. The van der Waals surface area contributed by atoms with E-state index in [1.165, 1.54) is 29.7 Å². The van der Waals surface area contributed by atoms with Crippen LogP contribution in [0.5, 0.6) is 0 Å². The third kappa shape index (κ3) is 2.89. The van der Waals surface area contributed by atoms with Crippen molar-refractivity contribution >= 4 is 16.9 Å². The number of nitrogens with zero attached hydrogens (tertiary/aromatic N) is 3. The number of nitrogens with one attached hydrogen (secondary N) is 1. The molecule has 0 saturated heterocycles. The van der Waals surface area contributed by atoms with Crippen molar-refractivity contribution in [2.24, 2.45) is 7.05 Å². The van der Waals surface area contributed by atoms with Gasteiger partial charge in [-0.05, 0) is 49.1 Å². The lowest BCUT2D eigenvalue weighted by molar-refractivity contribution is 0.0949. The van der Waals surface area contributed by atoms with Gasteiger partial charge in [-0.2, -0.15) is 0 Å². The van der Waals surface area contributed by atoms with Crippen molar-refractivity contribution in [3.63, 3.8) is 0 Å².